The maximum Gasteiger partial charge on any atom is 0.254 e. The van der Waals surface area contributed by atoms with Crippen molar-refractivity contribution in [3.8, 4) is 0 Å². The van der Waals surface area contributed by atoms with Gasteiger partial charge in [0.05, 0.1) is 18.2 Å². The highest BCUT2D eigenvalue weighted by Crippen LogP contribution is 2.14. The van der Waals surface area contributed by atoms with Crippen LogP contribution in [-0.2, 0) is 19.6 Å². The Hall–Kier alpha value is -2.15. The van der Waals surface area contributed by atoms with Gasteiger partial charge in [-0.15, -0.1) is 0 Å². The van der Waals surface area contributed by atoms with Crippen LogP contribution < -0.4 is 11.1 Å². The summed E-state index contributed by atoms with van der Waals surface area (Å²) in [5.74, 6) is 0.430. The molecule has 6 nitrogen and oxygen atoms in total. The second-order valence-electron chi connectivity index (χ2n) is 6.51. The van der Waals surface area contributed by atoms with E-state index < -0.39 is 0 Å². The molecule has 2 heterocycles. The molecule has 0 radical (unpaired) electrons. The molecular formula is C19H25N3O3. The Balaban J connectivity index is 1.48. The molecule has 0 bridgehead atoms. The molecule has 3 rings (SSSR count). The van der Waals surface area contributed by atoms with Gasteiger partial charge >= 0.3 is 0 Å². The third-order valence-electron chi connectivity index (χ3n) is 4.56. The third kappa shape index (κ3) is 4.92. The van der Waals surface area contributed by atoms with Gasteiger partial charge in [-0.05, 0) is 30.0 Å². The van der Waals surface area contributed by atoms with Gasteiger partial charge in [0.25, 0.3) is 5.91 Å². The number of piperidine rings is 1. The molecule has 1 saturated heterocycles. The van der Waals surface area contributed by atoms with Crippen molar-refractivity contribution < 1.29 is 14.3 Å². The van der Waals surface area contributed by atoms with E-state index in [4.69, 9.17) is 10.2 Å². The van der Waals surface area contributed by atoms with Gasteiger partial charge in [0.15, 0.2) is 0 Å². The lowest BCUT2D eigenvalue weighted by Crippen LogP contribution is -2.35. The van der Waals surface area contributed by atoms with E-state index in [0.29, 0.717) is 17.9 Å². The fourth-order valence-corrected chi connectivity index (χ4v) is 2.99. The van der Waals surface area contributed by atoms with E-state index in [1.54, 1.807) is 6.07 Å². The largest absolute Gasteiger partial charge is 0.467 e. The average molecular weight is 343 g/mol. The molecule has 1 amide bonds. The number of aliphatic hydroxyl groups excluding tert-OH is 1. The molecule has 0 aliphatic carbocycles. The summed E-state index contributed by atoms with van der Waals surface area (Å²) in [6.45, 7) is 3.53. The highest BCUT2D eigenvalue weighted by molar-refractivity contribution is 5.93. The van der Waals surface area contributed by atoms with Crippen LogP contribution in [0.15, 0.2) is 41.0 Å². The van der Waals surface area contributed by atoms with E-state index in [2.05, 4.69) is 22.3 Å². The lowest BCUT2D eigenvalue weighted by molar-refractivity contribution is 0.0792. The van der Waals surface area contributed by atoms with Crippen molar-refractivity contribution >= 4 is 5.91 Å². The number of rotatable bonds is 6. The molecular weight excluding hydrogens is 318 g/mol. The molecule has 1 aromatic heterocycles. The van der Waals surface area contributed by atoms with E-state index in [1.165, 1.54) is 11.8 Å². The van der Waals surface area contributed by atoms with Crippen molar-refractivity contribution in [2.24, 2.45) is 5.73 Å². The molecule has 2 aromatic rings. The van der Waals surface area contributed by atoms with E-state index in [1.807, 2.05) is 12.1 Å². The summed E-state index contributed by atoms with van der Waals surface area (Å²) in [6.07, 6.45) is 2.99. The number of hydrogen-bond donors (Lipinski definition) is 3. The van der Waals surface area contributed by atoms with E-state index in [9.17, 15) is 9.90 Å². The fourth-order valence-electron chi connectivity index (χ4n) is 2.99. The topological polar surface area (TPSA) is 91.7 Å². The minimum atomic E-state index is -0.167. The molecule has 0 spiro atoms. The second kappa shape index (κ2) is 8.29. The van der Waals surface area contributed by atoms with Crippen LogP contribution in [0, 0.1) is 0 Å². The van der Waals surface area contributed by atoms with Crippen molar-refractivity contribution in [2.75, 3.05) is 13.1 Å². The number of furan rings is 1. The first kappa shape index (κ1) is 17.7. The molecule has 1 aliphatic heterocycles. The van der Waals surface area contributed by atoms with Gasteiger partial charge in [0.2, 0.25) is 0 Å². The maximum absolute atomic E-state index is 12.1. The zero-order valence-corrected chi connectivity index (χ0v) is 14.3. The summed E-state index contributed by atoms with van der Waals surface area (Å²) < 4.78 is 5.18. The molecule has 4 N–H and O–H groups in total. The Morgan fingerprint density at radius 2 is 1.92 bits per heavy atom. The first-order valence-corrected chi connectivity index (χ1v) is 8.68. The average Bonchev–Trinajstić information content (AvgIpc) is 3.12. The summed E-state index contributed by atoms with van der Waals surface area (Å²) in [4.78, 5) is 14.4. The van der Waals surface area contributed by atoms with Crippen molar-refractivity contribution in [1.82, 2.24) is 10.2 Å². The predicted molar refractivity (Wildman–Crippen MR) is 94.7 cm³/mol. The van der Waals surface area contributed by atoms with Gasteiger partial charge in [-0.2, -0.15) is 0 Å². The summed E-state index contributed by atoms with van der Waals surface area (Å²) in [7, 11) is 0. The van der Waals surface area contributed by atoms with E-state index >= 15 is 0 Å². The number of hydrogen-bond acceptors (Lipinski definition) is 5. The SMILES string of the molecule is NCc1cc(C(=O)NCc2ccc(CN3CCC(O)CC3)cc2)co1. The molecule has 1 fully saturated rings. The van der Waals surface area contributed by atoms with Crippen molar-refractivity contribution in [3.63, 3.8) is 0 Å². The highest BCUT2D eigenvalue weighted by Gasteiger charge is 2.16. The first-order valence-electron chi connectivity index (χ1n) is 8.68. The quantitative estimate of drug-likeness (QED) is 0.741. The number of nitrogens with one attached hydrogen (secondary N) is 1. The van der Waals surface area contributed by atoms with Gasteiger partial charge < -0.3 is 20.6 Å². The maximum atomic E-state index is 12.1. The number of aliphatic hydroxyl groups is 1. The molecule has 1 aliphatic rings. The van der Waals surface area contributed by atoms with Gasteiger partial charge in [-0.25, -0.2) is 0 Å². The minimum absolute atomic E-state index is 0.140. The summed E-state index contributed by atoms with van der Waals surface area (Å²) in [5, 5.41) is 12.4. The molecule has 6 heteroatoms. The van der Waals surface area contributed by atoms with Crippen LogP contribution in [-0.4, -0.2) is 35.1 Å². The number of likely N-dealkylation sites (tertiary alicyclic amines) is 1. The Labute approximate surface area is 147 Å². The normalized spacial score (nSPS) is 16.1. The number of nitrogens with two attached hydrogens (primary N) is 1. The van der Waals surface area contributed by atoms with Crippen LogP contribution in [0.25, 0.3) is 0 Å². The number of benzene rings is 1. The second-order valence-corrected chi connectivity index (χ2v) is 6.51. The number of carbonyl (C=O) groups excluding carboxylic acids is 1. The lowest BCUT2D eigenvalue weighted by Gasteiger charge is -2.29. The number of nitrogens with zero attached hydrogens (tertiary/aromatic N) is 1. The van der Waals surface area contributed by atoms with Gasteiger partial charge in [0.1, 0.15) is 12.0 Å². The number of carbonyl (C=O) groups is 1. The Kier molecular flexibility index (Phi) is 5.86. The fraction of sp³-hybridized carbons (Fsp3) is 0.421. The van der Waals surface area contributed by atoms with Crippen molar-refractivity contribution in [1.29, 1.82) is 0 Å². The van der Waals surface area contributed by atoms with Crippen molar-refractivity contribution in [2.45, 2.75) is 38.6 Å². The standard InChI is InChI=1S/C19H25N3O3/c20-10-18-9-16(13-25-18)19(24)21-11-14-1-3-15(4-2-14)12-22-7-5-17(23)6-8-22/h1-4,9,13,17,23H,5-8,10-12,20H2,(H,21,24). The van der Waals surface area contributed by atoms with Crippen LogP contribution in [0.2, 0.25) is 0 Å². The Morgan fingerprint density at radius 1 is 1.24 bits per heavy atom. The summed E-state index contributed by atoms with van der Waals surface area (Å²) in [5.41, 5.74) is 8.26. The van der Waals surface area contributed by atoms with Crippen LogP contribution >= 0.6 is 0 Å². The van der Waals surface area contributed by atoms with Crippen LogP contribution in [0.1, 0.15) is 40.1 Å². The smallest absolute Gasteiger partial charge is 0.254 e. The molecule has 0 atom stereocenters. The molecule has 25 heavy (non-hydrogen) atoms. The van der Waals surface area contributed by atoms with Gasteiger partial charge in [0, 0.05) is 26.2 Å². The Bertz CT molecular complexity index is 688. The third-order valence-corrected chi connectivity index (χ3v) is 4.56. The molecule has 1 aromatic carbocycles. The molecule has 0 saturated carbocycles. The first-order chi connectivity index (χ1) is 12.1. The zero-order chi connectivity index (χ0) is 17.6. The van der Waals surface area contributed by atoms with Crippen LogP contribution in [0.4, 0.5) is 0 Å². The Morgan fingerprint density at radius 3 is 2.56 bits per heavy atom. The van der Waals surface area contributed by atoms with E-state index in [-0.39, 0.29) is 18.6 Å². The summed E-state index contributed by atoms with van der Waals surface area (Å²) in [6, 6.07) is 9.92. The lowest BCUT2D eigenvalue weighted by atomic mass is 10.1. The van der Waals surface area contributed by atoms with Gasteiger partial charge in [-0.1, -0.05) is 24.3 Å². The monoisotopic (exact) mass is 343 g/mol. The van der Waals surface area contributed by atoms with Gasteiger partial charge in [-0.3, -0.25) is 9.69 Å². The van der Waals surface area contributed by atoms with E-state index in [0.717, 1.165) is 38.0 Å². The zero-order valence-electron chi connectivity index (χ0n) is 14.3. The molecule has 134 valence electrons. The van der Waals surface area contributed by atoms with Crippen LogP contribution in [0.5, 0.6) is 0 Å². The predicted octanol–water partition coefficient (Wildman–Crippen LogP) is 1.62. The highest BCUT2D eigenvalue weighted by atomic mass is 16.3. The van der Waals surface area contributed by atoms with Crippen LogP contribution in [0.3, 0.4) is 0 Å². The number of amides is 1. The summed E-state index contributed by atoms with van der Waals surface area (Å²) >= 11 is 0. The van der Waals surface area contributed by atoms with Crippen molar-refractivity contribution in [3.05, 3.63) is 59.0 Å². The molecule has 0 unspecified atom stereocenters. The minimum Gasteiger partial charge on any atom is -0.467 e.